The second-order valence-electron chi connectivity index (χ2n) is 3.06. The van der Waals surface area contributed by atoms with Crippen molar-refractivity contribution in [1.29, 1.82) is 0 Å². The van der Waals surface area contributed by atoms with Crippen molar-refractivity contribution in [2.75, 3.05) is 24.7 Å². The van der Waals surface area contributed by atoms with Gasteiger partial charge in [-0.1, -0.05) is 0 Å². The van der Waals surface area contributed by atoms with E-state index in [4.69, 9.17) is 10.2 Å². The van der Waals surface area contributed by atoms with Crippen LogP contribution in [0.3, 0.4) is 0 Å². The van der Waals surface area contributed by atoms with Gasteiger partial charge in [-0.3, -0.25) is 0 Å². The molecule has 0 aliphatic rings. The predicted octanol–water partition coefficient (Wildman–Crippen LogP) is 1.47. The molecule has 0 saturated carbocycles. The van der Waals surface area contributed by atoms with Gasteiger partial charge in [0.05, 0.1) is 13.2 Å². The standard InChI is InChI=1S/C10H17NO2S2/c12-3-5-14-7-9-1-2-10(11-9)8-15-6-4-13/h1-2,11-13H,3-8H2. The third-order valence-electron chi connectivity index (χ3n) is 1.79. The van der Waals surface area contributed by atoms with Crippen molar-refractivity contribution in [3.05, 3.63) is 23.5 Å². The van der Waals surface area contributed by atoms with Gasteiger partial charge in [0, 0.05) is 34.4 Å². The van der Waals surface area contributed by atoms with Gasteiger partial charge in [-0.15, -0.1) is 0 Å². The molecule has 1 aromatic heterocycles. The second kappa shape index (κ2) is 8.10. The third-order valence-corrected chi connectivity index (χ3v) is 3.77. The van der Waals surface area contributed by atoms with Crippen LogP contribution in [-0.4, -0.2) is 39.9 Å². The Morgan fingerprint density at radius 2 is 1.40 bits per heavy atom. The maximum atomic E-state index is 8.63. The van der Waals surface area contributed by atoms with Crippen LogP contribution in [0.2, 0.25) is 0 Å². The summed E-state index contributed by atoms with van der Waals surface area (Å²) in [5, 5.41) is 17.3. The van der Waals surface area contributed by atoms with Gasteiger partial charge in [-0.2, -0.15) is 23.5 Å². The third kappa shape index (κ3) is 5.51. The molecule has 3 nitrogen and oxygen atoms in total. The van der Waals surface area contributed by atoms with Gasteiger partial charge >= 0.3 is 0 Å². The molecule has 0 aliphatic carbocycles. The van der Waals surface area contributed by atoms with E-state index in [-0.39, 0.29) is 13.2 Å². The molecule has 15 heavy (non-hydrogen) atoms. The Balaban J connectivity index is 2.23. The zero-order chi connectivity index (χ0) is 10.9. The molecule has 1 rings (SSSR count). The highest BCUT2D eigenvalue weighted by molar-refractivity contribution is 7.98. The summed E-state index contributed by atoms with van der Waals surface area (Å²) in [6.07, 6.45) is 0. The van der Waals surface area contributed by atoms with Crippen LogP contribution in [0.15, 0.2) is 12.1 Å². The Morgan fingerprint density at radius 3 is 1.80 bits per heavy atom. The lowest BCUT2D eigenvalue weighted by atomic mass is 10.5. The number of thioether (sulfide) groups is 2. The van der Waals surface area contributed by atoms with Gasteiger partial charge in [0.1, 0.15) is 0 Å². The van der Waals surface area contributed by atoms with Crippen molar-refractivity contribution in [3.63, 3.8) is 0 Å². The Hall–Kier alpha value is -0.100. The van der Waals surface area contributed by atoms with E-state index >= 15 is 0 Å². The van der Waals surface area contributed by atoms with E-state index in [0.717, 1.165) is 23.0 Å². The van der Waals surface area contributed by atoms with Gasteiger partial charge in [-0.05, 0) is 12.1 Å². The van der Waals surface area contributed by atoms with E-state index in [9.17, 15) is 0 Å². The van der Waals surface area contributed by atoms with Crippen LogP contribution in [0.5, 0.6) is 0 Å². The first-order valence-corrected chi connectivity index (χ1v) is 7.21. The molecule has 0 saturated heterocycles. The Morgan fingerprint density at radius 1 is 0.933 bits per heavy atom. The molecular formula is C10H17NO2S2. The first kappa shape index (κ1) is 13.0. The number of hydrogen-bond donors (Lipinski definition) is 3. The van der Waals surface area contributed by atoms with E-state index in [0.29, 0.717) is 0 Å². The number of nitrogens with one attached hydrogen (secondary N) is 1. The number of rotatable bonds is 8. The number of aliphatic hydroxyl groups excluding tert-OH is 2. The molecule has 0 unspecified atom stereocenters. The van der Waals surface area contributed by atoms with Gasteiger partial charge in [0.15, 0.2) is 0 Å². The van der Waals surface area contributed by atoms with Crippen LogP contribution in [0, 0.1) is 0 Å². The molecule has 0 fully saturated rings. The number of aromatic nitrogens is 1. The van der Waals surface area contributed by atoms with E-state index in [1.165, 1.54) is 11.4 Å². The van der Waals surface area contributed by atoms with Crippen LogP contribution in [0.25, 0.3) is 0 Å². The summed E-state index contributed by atoms with van der Waals surface area (Å²) >= 11 is 3.44. The molecule has 0 bridgehead atoms. The van der Waals surface area contributed by atoms with Gasteiger partial charge < -0.3 is 15.2 Å². The maximum Gasteiger partial charge on any atom is 0.0521 e. The number of hydrogen-bond acceptors (Lipinski definition) is 4. The quantitative estimate of drug-likeness (QED) is 0.609. The Labute approximate surface area is 98.7 Å². The number of aromatic amines is 1. The fraction of sp³-hybridized carbons (Fsp3) is 0.600. The molecule has 1 heterocycles. The maximum absolute atomic E-state index is 8.63. The predicted molar refractivity (Wildman–Crippen MR) is 67.3 cm³/mol. The second-order valence-corrected chi connectivity index (χ2v) is 5.27. The molecule has 86 valence electrons. The molecule has 1 aromatic rings. The van der Waals surface area contributed by atoms with E-state index in [1.54, 1.807) is 23.5 Å². The van der Waals surface area contributed by atoms with E-state index in [1.807, 2.05) is 0 Å². The fourth-order valence-corrected chi connectivity index (χ4v) is 2.48. The van der Waals surface area contributed by atoms with Gasteiger partial charge in [0.25, 0.3) is 0 Å². The molecule has 0 atom stereocenters. The average Bonchev–Trinajstić information content (AvgIpc) is 2.67. The van der Waals surface area contributed by atoms with Crippen LogP contribution >= 0.6 is 23.5 Å². The summed E-state index contributed by atoms with van der Waals surface area (Å²) in [6, 6.07) is 4.17. The number of H-pyrrole nitrogens is 1. The first-order valence-electron chi connectivity index (χ1n) is 4.90. The SMILES string of the molecule is OCCSCc1ccc(CSCCO)[nH]1. The lowest BCUT2D eigenvalue weighted by Gasteiger charge is -1.98. The van der Waals surface area contributed by atoms with Crippen molar-refractivity contribution >= 4 is 23.5 Å². The van der Waals surface area contributed by atoms with Crippen molar-refractivity contribution in [2.45, 2.75) is 11.5 Å². The summed E-state index contributed by atoms with van der Waals surface area (Å²) in [6.45, 7) is 0.481. The van der Waals surface area contributed by atoms with Crippen LogP contribution in [0.1, 0.15) is 11.4 Å². The lowest BCUT2D eigenvalue weighted by Crippen LogP contribution is -1.90. The van der Waals surface area contributed by atoms with Crippen LogP contribution in [0.4, 0.5) is 0 Å². The zero-order valence-corrected chi connectivity index (χ0v) is 10.2. The minimum atomic E-state index is 0.241. The van der Waals surface area contributed by atoms with Crippen molar-refractivity contribution < 1.29 is 10.2 Å². The normalized spacial score (nSPS) is 10.8. The average molecular weight is 247 g/mol. The van der Waals surface area contributed by atoms with Crippen molar-refractivity contribution in [3.8, 4) is 0 Å². The smallest absolute Gasteiger partial charge is 0.0521 e. The highest BCUT2D eigenvalue weighted by Gasteiger charge is 1.99. The van der Waals surface area contributed by atoms with Gasteiger partial charge in [0.2, 0.25) is 0 Å². The Bertz CT molecular complexity index is 241. The van der Waals surface area contributed by atoms with E-state index in [2.05, 4.69) is 17.1 Å². The molecular weight excluding hydrogens is 230 g/mol. The highest BCUT2D eigenvalue weighted by atomic mass is 32.2. The summed E-state index contributed by atoms with van der Waals surface area (Å²) in [5.41, 5.74) is 2.40. The summed E-state index contributed by atoms with van der Waals surface area (Å²) in [7, 11) is 0. The summed E-state index contributed by atoms with van der Waals surface area (Å²) in [5.74, 6) is 3.41. The Kier molecular flexibility index (Phi) is 7.00. The van der Waals surface area contributed by atoms with Crippen molar-refractivity contribution in [1.82, 2.24) is 4.98 Å². The van der Waals surface area contributed by atoms with Crippen LogP contribution in [-0.2, 0) is 11.5 Å². The summed E-state index contributed by atoms with van der Waals surface area (Å²) < 4.78 is 0. The van der Waals surface area contributed by atoms with Crippen molar-refractivity contribution in [2.24, 2.45) is 0 Å². The first-order chi connectivity index (χ1) is 7.36. The lowest BCUT2D eigenvalue weighted by molar-refractivity contribution is 0.322. The fourth-order valence-electron chi connectivity index (χ4n) is 1.15. The molecule has 3 N–H and O–H groups in total. The van der Waals surface area contributed by atoms with Gasteiger partial charge in [-0.25, -0.2) is 0 Å². The molecule has 0 aliphatic heterocycles. The van der Waals surface area contributed by atoms with E-state index < -0.39 is 0 Å². The number of aliphatic hydroxyl groups is 2. The molecule has 0 aromatic carbocycles. The topological polar surface area (TPSA) is 56.2 Å². The molecule has 5 heteroatoms. The molecule has 0 spiro atoms. The minimum absolute atomic E-state index is 0.241. The zero-order valence-electron chi connectivity index (χ0n) is 8.61. The van der Waals surface area contributed by atoms with Crippen LogP contribution < -0.4 is 0 Å². The molecule has 0 radical (unpaired) electrons. The molecule has 0 amide bonds. The largest absolute Gasteiger partial charge is 0.396 e. The monoisotopic (exact) mass is 247 g/mol. The summed E-state index contributed by atoms with van der Waals surface area (Å²) in [4.78, 5) is 3.33. The minimum Gasteiger partial charge on any atom is -0.396 e. The highest BCUT2D eigenvalue weighted by Crippen LogP contribution is 2.15.